The molecule has 0 aromatic heterocycles. The van der Waals surface area contributed by atoms with E-state index in [1.807, 2.05) is 24.3 Å². The van der Waals surface area contributed by atoms with Crippen molar-refractivity contribution in [2.24, 2.45) is 5.10 Å². The van der Waals surface area contributed by atoms with E-state index in [-0.39, 0.29) is 5.75 Å². The Hall–Kier alpha value is -2.89. The second-order valence-electron chi connectivity index (χ2n) is 6.12. The number of rotatable bonds is 2. The first-order valence-corrected chi connectivity index (χ1v) is 7.14. The largest absolute Gasteiger partial charge is 0.507 e. The van der Waals surface area contributed by atoms with E-state index in [0.29, 0.717) is 5.56 Å². The van der Waals surface area contributed by atoms with E-state index >= 15 is 0 Å². The predicted molar refractivity (Wildman–Crippen MR) is 89.2 cm³/mol. The highest BCUT2D eigenvalue weighted by molar-refractivity contribution is 6.35. The van der Waals surface area contributed by atoms with Gasteiger partial charge in [0.15, 0.2) is 0 Å². The number of benzene rings is 2. The normalized spacial score (nSPS) is 11.6. The molecule has 2 aromatic carbocycles. The molecular formula is C17H19N3O3. The standard InChI is InChI=1S/C17H19N3O3/c1-17(2,3)19-15(22)16(23)20-18-10-13-12-7-5-4-6-11(12)8-9-14(13)21/h4-10,21H,1-3H3,(H,19,22)(H,20,23). The highest BCUT2D eigenvalue weighted by atomic mass is 16.3. The number of aromatic hydroxyl groups is 1. The van der Waals surface area contributed by atoms with E-state index in [4.69, 9.17) is 0 Å². The molecule has 0 heterocycles. The van der Waals surface area contributed by atoms with Crippen molar-refractivity contribution >= 4 is 28.8 Å². The summed E-state index contributed by atoms with van der Waals surface area (Å²) in [6, 6.07) is 10.8. The Morgan fingerprint density at radius 1 is 1.09 bits per heavy atom. The van der Waals surface area contributed by atoms with Gasteiger partial charge in [0, 0.05) is 11.1 Å². The third kappa shape index (κ3) is 4.29. The van der Waals surface area contributed by atoms with Crippen LogP contribution in [-0.4, -0.2) is 28.7 Å². The lowest BCUT2D eigenvalue weighted by Crippen LogP contribution is -2.47. The first kappa shape index (κ1) is 16.5. The van der Waals surface area contributed by atoms with Gasteiger partial charge in [-0.15, -0.1) is 0 Å². The molecule has 2 rings (SSSR count). The fourth-order valence-electron chi connectivity index (χ4n) is 2.02. The second-order valence-corrected chi connectivity index (χ2v) is 6.12. The molecule has 0 atom stereocenters. The number of nitrogens with zero attached hydrogens (tertiary/aromatic N) is 1. The molecule has 2 aromatic rings. The van der Waals surface area contributed by atoms with E-state index < -0.39 is 17.4 Å². The van der Waals surface area contributed by atoms with Gasteiger partial charge in [-0.3, -0.25) is 9.59 Å². The van der Waals surface area contributed by atoms with Gasteiger partial charge in [0.2, 0.25) is 0 Å². The maximum absolute atomic E-state index is 11.7. The number of phenols is 1. The van der Waals surface area contributed by atoms with Gasteiger partial charge in [0.1, 0.15) is 5.75 Å². The molecule has 0 bridgehead atoms. The summed E-state index contributed by atoms with van der Waals surface area (Å²) in [6.45, 7) is 5.32. The van der Waals surface area contributed by atoms with Gasteiger partial charge in [-0.05, 0) is 37.6 Å². The topological polar surface area (TPSA) is 90.8 Å². The number of hydrogen-bond donors (Lipinski definition) is 3. The van der Waals surface area contributed by atoms with Crippen molar-refractivity contribution in [3.63, 3.8) is 0 Å². The van der Waals surface area contributed by atoms with E-state index in [2.05, 4.69) is 15.8 Å². The second kappa shape index (κ2) is 6.48. The molecule has 0 unspecified atom stereocenters. The molecule has 3 N–H and O–H groups in total. The number of amides is 2. The van der Waals surface area contributed by atoms with Crippen LogP contribution in [0, 0.1) is 0 Å². The molecule has 0 aliphatic rings. The Morgan fingerprint density at radius 3 is 2.48 bits per heavy atom. The quantitative estimate of drug-likeness (QED) is 0.449. The Kier molecular flexibility index (Phi) is 4.64. The lowest BCUT2D eigenvalue weighted by atomic mass is 10.0. The maximum Gasteiger partial charge on any atom is 0.329 e. The number of carbonyl (C=O) groups is 2. The molecule has 0 radical (unpaired) electrons. The summed E-state index contributed by atoms with van der Waals surface area (Å²) in [5, 5.41) is 18.0. The van der Waals surface area contributed by atoms with Crippen LogP contribution in [0.3, 0.4) is 0 Å². The van der Waals surface area contributed by atoms with Crippen LogP contribution >= 0.6 is 0 Å². The Labute approximate surface area is 134 Å². The van der Waals surface area contributed by atoms with E-state index in [9.17, 15) is 14.7 Å². The van der Waals surface area contributed by atoms with Crippen molar-refractivity contribution in [1.29, 1.82) is 0 Å². The summed E-state index contributed by atoms with van der Waals surface area (Å²) in [7, 11) is 0. The summed E-state index contributed by atoms with van der Waals surface area (Å²) in [4.78, 5) is 23.3. The Morgan fingerprint density at radius 2 is 1.78 bits per heavy atom. The lowest BCUT2D eigenvalue weighted by Gasteiger charge is -2.19. The summed E-state index contributed by atoms with van der Waals surface area (Å²) >= 11 is 0. The zero-order valence-electron chi connectivity index (χ0n) is 13.3. The molecule has 0 spiro atoms. The number of hydrazone groups is 1. The van der Waals surface area contributed by atoms with Crippen LogP contribution in [0.4, 0.5) is 0 Å². The van der Waals surface area contributed by atoms with Crippen molar-refractivity contribution in [2.75, 3.05) is 0 Å². The molecule has 6 nitrogen and oxygen atoms in total. The monoisotopic (exact) mass is 313 g/mol. The van der Waals surface area contributed by atoms with Crippen molar-refractivity contribution in [2.45, 2.75) is 26.3 Å². The van der Waals surface area contributed by atoms with Gasteiger partial charge in [-0.1, -0.05) is 30.3 Å². The average molecular weight is 313 g/mol. The minimum atomic E-state index is -0.865. The molecule has 0 aliphatic heterocycles. The first-order valence-electron chi connectivity index (χ1n) is 7.14. The fourth-order valence-corrected chi connectivity index (χ4v) is 2.02. The highest BCUT2D eigenvalue weighted by Gasteiger charge is 2.19. The van der Waals surface area contributed by atoms with Crippen LogP contribution in [0.15, 0.2) is 41.5 Å². The smallest absolute Gasteiger partial charge is 0.329 e. The zero-order valence-corrected chi connectivity index (χ0v) is 13.3. The Balaban J connectivity index is 2.14. The molecule has 23 heavy (non-hydrogen) atoms. The molecule has 0 aliphatic carbocycles. The van der Waals surface area contributed by atoms with Crippen molar-refractivity contribution < 1.29 is 14.7 Å². The third-order valence-corrected chi connectivity index (χ3v) is 3.00. The minimum absolute atomic E-state index is 0.0424. The molecule has 0 fully saturated rings. The molecular weight excluding hydrogens is 294 g/mol. The van der Waals surface area contributed by atoms with Gasteiger partial charge in [0.05, 0.1) is 6.21 Å². The van der Waals surface area contributed by atoms with Crippen LogP contribution in [0.5, 0.6) is 5.75 Å². The molecule has 6 heteroatoms. The summed E-state index contributed by atoms with van der Waals surface area (Å²) in [5.41, 5.74) is 2.12. The summed E-state index contributed by atoms with van der Waals surface area (Å²) in [6.07, 6.45) is 1.32. The van der Waals surface area contributed by atoms with Crippen molar-refractivity contribution in [3.05, 3.63) is 42.0 Å². The fraction of sp³-hybridized carbons (Fsp3) is 0.235. The van der Waals surface area contributed by atoms with E-state index in [1.165, 1.54) is 6.21 Å². The number of hydrogen-bond acceptors (Lipinski definition) is 4. The first-order chi connectivity index (χ1) is 10.8. The number of nitrogens with one attached hydrogen (secondary N) is 2. The van der Waals surface area contributed by atoms with Gasteiger partial charge < -0.3 is 10.4 Å². The molecule has 120 valence electrons. The van der Waals surface area contributed by atoms with E-state index in [0.717, 1.165) is 10.8 Å². The van der Waals surface area contributed by atoms with Crippen LogP contribution in [0.2, 0.25) is 0 Å². The van der Waals surface area contributed by atoms with E-state index in [1.54, 1.807) is 32.9 Å². The van der Waals surface area contributed by atoms with Gasteiger partial charge in [-0.2, -0.15) is 5.10 Å². The van der Waals surface area contributed by atoms with Crippen LogP contribution in [0.25, 0.3) is 10.8 Å². The molecule has 0 saturated carbocycles. The van der Waals surface area contributed by atoms with Gasteiger partial charge in [-0.25, -0.2) is 5.43 Å². The van der Waals surface area contributed by atoms with Gasteiger partial charge >= 0.3 is 11.8 Å². The minimum Gasteiger partial charge on any atom is -0.507 e. The number of carbonyl (C=O) groups excluding carboxylic acids is 2. The highest BCUT2D eigenvalue weighted by Crippen LogP contribution is 2.25. The van der Waals surface area contributed by atoms with Crippen molar-refractivity contribution in [1.82, 2.24) is 10.7 Å². The van der Waals surface area contributed by atoms with Crippen LogP contribution < -0.4 is 10.7 Å². The zero-order chi connectivity index (χ0) is 17.0. The molecule has 2 amide bonds. The Bertz CT molecular complexity index is 776. The summed E-state index contributed by atoms with van der Waals surface area (Å²) in [5.74, 6) is -1.59. The third-order valence-electron chi connectivity index (χ3n) is 3.00. The maximum atomic E-state index is 11.7. The van der Waals surface area contributed by atoms with Crippen LogP contribution in [-0.2, 0) is 9.59 Å². The van der Waals surface area contributed by atoms with Crippen LogP contribution in [0.1, 0.15) is 26.3 Å². The SMILES string of the molecule is CC(C)(C)NC(=O)C(=O)NN=Cc1c(O)ccc2ccccc12. The predicted octanol–water partition coefficient (Wildman–Crippen LogP) is 1.91. The molecule has 0 saturated heterocycles. The summed E-state index contributed by atoms with van der Waals surface area (Å²) < 4.78 is 0. The average Bonchev–Trinajstić information content (AvgIpc) is 2.47. The number of fused-ring (bicyclic) bond motifs is 1. The lowest BCUT2D eigenvalue weighted by molar-refractivity contribution is -0.140. The van der Waals surface area contributed by atoms with Crippen molar-refractivity contribution in [3.8, 4) is 5.75 Å². The van der Waals surface area contributed by atoms with Gasteiger partial charge in [0.25, 0.3) is 0 Å². The number of phenolic OH excluding ortho intramolecular Hbond substituents is 1.